The van der Waals surface area contributed by atoms with Crippen molar-refractivity contribution in [1.29, 1.82) is 0 Å². The van der Waals surface area contributed by atoms with Crippen LogP contribution in [0.25, 0.3) is 0 Å². The third-order valence-electron chi connectivity index (χ3n) is 4.85. The second kappa shape index (κ2) is 8.62. The summed E-state index contributed by atoms with van der Waals surface area (Å²) in [5.74, 6) is -0.123. The number of sulfonamides is 1. The highest BCUT2D eigenvalue weighted by atomic mass is 32.2. The van der Waals surface area contributed by atoms with Gasteiger partial charge in [0.2, 0.25) is 15.9 Å². The van der Waals surface area contributed by atoms with Gasteiger partial charge in [0.25, 0.3) is 0 Å². The average Bonchev–Trinajstić information content (AvgIpc) is 3.22. The number of carbonyl (C=O) groups excluding carboxylic acids is 2. The van der Waals surface area contributed by atoms with E-state index in [0.29, 0.717) is 24.5 Å². The van der Waals surface area contributed by atoms with E-state index in [9.17, 15) is 18.0 Å². The summed E-state index contributed by atoms with van der Waals surface area (Å²) in [6.45, 7) is 1.74. The molecule has 27 heavy (non-hydrogen) atoms. The number of benzene rings is 1. The fourth-order valence-corrected chi connectivity index (χ4v) is 5.71. The zero-order valence-electron chi connectivity index (χ0n) is 15.3. The number of fused-ring (bicyclic) bond motifs is 1. The average molecular weight is 413 g/mol. The van der Waals surface area contributed by atoms with Crippen LogP contribution in [0.5, 0.6) is 0 Å². The molecule has 7 nitrogen and oxygen atoms in total. The number of anilines is 1. The van der Waals surface area contributed by atoms with Crippen molar-refractivity contribution in [2.75, 3.05) is 43.1 Å². The second-order valence-corrected chi connectivity index (χ2v) is 9.54. The van der Waals surface area contributed by atoms with E-state index in [1.807, 2.05) is 0 Å². The molecule has 1 saturated heterocycles. The molecule has 2 heterocycles. The monoisotopic (exact) mass is 412 g/mol. The molecule has 0 atom stereocenters. The summed E-state index contributed by atoms with van der Waals surface area (Å²) in [5.41, 5.74) is 1.65. The van der Waals surface area contributed by atoms with Gasteiger partial charge in [-0.3, -0.25) is 9.59 Å². The van der Waals surface area contributed by atoms with Gasteiger partial charge in [-0.15, -0.1) is 11.8 Å². The summed E-state index contributed by atoms with van der Waals surface area (Å²) >= 11 is 1.22. The largest absolute Gasteiger partial charge is 0.468 e. The van der Waals surface area contributed by atoms with Crippen LogP contribution in [0, 0.1) is 0 Å². The molecule has 1 aromatic rings. The zero-order valence-corrected chi connectivity index (χ0v) is 17.0. The molecule has 0 N–H and O–H groups in total. The van der Waals surface area contributed by atoms with Crippen molar-refractivity contribution in [2.24, 2.45) is 0 Å². The van der Waals surface area contributed by atoms with Crippen LogP contribution in [0.15, 0.2) is 23.1 Å². The SMILES string of the molecule is COC(=O)CSCC(=O)N1CCCc2cc(S(=O)(=O)N3CCCC3)ccc21. The number of hydrogen-bond donors (Lipinski definition) is 0. The zero-order chi connectivity index (χ0) is 19.4. The minimum Gasteiger partial charge on any atom is -0.468 e. The van der Waals surface area contributed by atoms with Gasteiger partial charge in [0.05, 0.1) is 23.5 Å². The smallest absolute Gasteiger partial charge is 0.315 e. The lowest BCUT2D eigenvalue weighted by molar-refractivity contribution is -0.137. The van der Waals surface area contributed by atoms with Gasteiger partial charge in [0.1, 0.15) is 0 Å². The van der Waals surface area contributed by atoms with Gasteiger partial charge >= 0.3 is 5.97 Å². The number of esters is 1. The summed E-state index contributed by atoms with van der Waals surface area (Å²) in [4.78, 5) is 25.7. The molecule has 9 heteroatoms. The van der Waals surface area contributed by atoms with Crippen molar-refractivity contribution in [3.05, 3.63) is 23.8 Å². The lowest BCUT2D eigenvalue weighted by atomic mass is 10.0. The Balaban J connectivity index is 1.74. The minimum absolute atomic E-state index is 0.0833. The molecule has 0 bridgehead atoms. The summed E-state index contributed by atoms with van der Waals surface area (Å²) in [5, 5.41) is 0. The topological polar surface area (TPSA) is 84.0 Å². The quantitative estimate of drug-likeness (QED) is 0.661. The second-order valence-electron chi connectivity index (χ2n) is 6.62. The Bertz CT molecular complexity index is 819. The summed E-state index contributed by atoms with van der Waals surface area (Å²) in [6.07, 6.45) is 3.33. The van der Waals surface area contributed by atoms with E-state index in [1.54, 1.807) is 23.1 Å². The van der Waals surface area contributed by atoms with Crippen molar-refractivity contribution in [3.8, 4) is 0 Å². The van der Waals surface area contributed by atoms with Crippen LogP contribution in [-0.4, -0.2) is 62.8 Å². The summed E-state index contributed by atoms with van der Waals surface area (Å²) in [7, 11) is -2.14. The maximum absolute atomic E-state index is 12.8. The van der Waals surface area contributed by atoms with Gasteiger partial charge in [-0.2, -0.15) is 4.31 Å². The van der Waals surface area contributed by atoms with Gasteiger partial charge < -0.3 is 9.64 Å². The highest BCUT2D eigenvalue weighted by molar-refractivity contribution is 8.00. The van der Waals surface area contributed by atoms with Crippen LogP contribution in [0.2, 0.25) is 0 Å². The summed E-state index contributed by atoms with van der Waals surface area (Å²) < 4.78 is 31.6. The number of carbonyl (C=O) groups is 2. The Kier molecular flexibility index (Phi) is 6.44. The number of aryl methyl sites for hydroxylation is 1. The van der Waals surface area contributed by atoms with Gasteiger partial charge in [-0.25, -0.2) is 8.42 Å². The fraction of sp³-hybridized carbons (Fsp3) is 0.556. The van der Waals surface area contributed by atoms with Crippen LogP contribution in [-0.2, 0) is 30.8 Å². The Labute approximate surface area is 164 Å². The molecule has 0 saturated carbocycles. The molecule has 0 aromatic heterocycles. The third kappa shape index (κ3) is 4.47. The molecule has 0 radical (unpaired) electrons. The van der Waals surface area contributed by atoms with Gasteiger partial charge in [-0.1, -0.05) is 0 Å². The van der Waals surface area contributed by atoms with Crippen LogP contribution in [0.1, 0.15) is 24.8 Å². The summed E-state index contributed by atoms with van der Waals surface area (Å²) in [6, 6.07) is 5.05. The highest BCUT2D eigenvalue weighted by Gasteiger charge is 2.29. The maximum Gasteiger partial charge on any atom is 0.315 e. The molecule has 0 spiro atoms. The van der Waals surface area contributed by atoms with E-state index in [2.05, 4.69) is 4.74 Å². The van der Waals surface area contributed by atoms with Crippen LogP contribution in [0.3, 0.4) is 0 Å². The molecule has 1 fully saturated rings. The third-order valence-corrected chi connectivity index (χ3v) is 7.63. The molecule has 148 valence electrons. The number of nitrogens with zero attached hydrogens (tertiary/aromatic N) is 2. The Morgan fingerprint density at radius 1 is 1.11 bits per heavy atom. The van der Waals surface area contributed by atoms with E-state index >= 15 is 0 Å². The van der Waals surface area contributed by atoms with E-state index < -0.39 is 10.0 Å². The Hall–Kier alpha value is -1.58. The predicted molar refractivity (Wildman–Crippen MR) is 104 cm³/mol. The van der Waals surface area contributed by atoms with Crippen LogP contribution < -0.4 is 4.90 Å². The van der Waals surface area contributed by atoms with E-state index in [-0.39, 0.29) is 23.4 Å². The number of hydrogen-bond acceptors (Lipinski definition) is 6. The number of thioether (sulfide) groups is 1. The van der Waals surface area contributed by atoms with Crippen molar-refractivity contribution in [3.63, 3.8) is 0 Å². The van der Waals surface area contributed by atoms with Crippen molar-refractivity contribution >= 4 is 39.3 Å². The first-order valence-corrected chi connectivity index (χ1v) is 11.6. The molecular formula is C18H24N2O5S2. The fourth-order valence-electron chi connectivity index (χ4n) is 3.43. The van der Waals surface area contributed by atoms with Crippen molar-refractivity contribution < 1.29 is 22.7 Å². The van der Waals surface area contributed by atoms with E-state index in [4.69, 9.17) is 0 Å². The molecule has 1 amide bonds. The lowest BCUT2D eigenvalue weighted by Crippen LogP contribution is -2.37. The van der Waals surface area contributed by atoms with Crippen LogP contribution in [0.4, 0.5) is 5.69 Å². The minimum atomic E-state index is -3.46. The van der Waals surface area contributed by atoms with Crippen LogP contribution >= 0.6 is 11.8 Å². The Morgan fingerprint density at radius 2 is 1.85 bits per heavy atom. The van der Waals surface area contributed by atoms with Gasteiger partial charge in [-0.05, 0) is 49.4 Å². The maximum atomic E-state index is 12.8. The molecule has 2 aliphatic rings. The van der Waals surface area contributed by atoms with Crippen molar-refractivity contribution in [1.82, 2.24) is 4.31 Å². The van der Waals surface area contributed by atoms with E-state index in [0.717, 1.165) is 36.9 Å². The molecule has 0 aliphatic carbocycles. The highest BCUT2D eigenvalue weighted by Crippen LogP contribution is 2.31. The molecule has 0 unspecified atom stereocenters. The molecular weight excluding hydrogens is 388 g/mol. The number of methoxy groups -OCH3 is 1. The first-order valence-electron chi connectivity index (χ1n) is 9.01. The molecule has 2 aliphatic heterocycles. The number of rotatable bonds is 6. The first kappa shape index (κ1) is 20.2. The lowest BCUT2D eigenvalue weighted by Gasteiger charge is -2.30. The number of amides is 1. The Morgan fingerprint density at radius 3 is 2.56 bits per heavy atom. The first-order chi connectivity index (χ1) is 12.9. The molecule has 3 rings (SSSR count). The predicted octanol–water partition coefficient (Wildman–Crippen LogP) is 1.66. The molecule has 1 aromatic carbocycles. The van der Waals surface area contributed by atoms with Gasteiger partial charge in [0.15, 0.2) is 0 Å². The number of ether oxygens (including phenoxy) is 1. The standard InChI is InChI=1S/C18H24N2O5S2/c1-25-18(22)13-26-12-17(21)20-10-4-5-14-11-15(6-7-16(14)20)27(23,24)19-8-2-3-9-19/h6-7,11H,2-5,8-10,12-13H2,1H3. The van der Waals surface area contributed by atoms with Gasteiger partial charge in [0, 0.05) is 25.3 Å². The van der Waals surface area contributed by atoms with E-state index in [1.165, 1.54) is 23.2 Å². The normalized spacial score (nSPS) is 17.6. The van der Waals surface area contributed by atoms with Crippen molar-refractivity contribution in [2.45, 2.75) is 30.6 Å².